The van der Waals surface area contributed by atoms with Crippen molar-refractivity contribution in [3.05, 3.63) is 61.3 Å². The van der Waals surface area contributed by atoms with Crippen LogP contribution in [0, 0.1) is 0 Å². The zero-order valence-electron chi connectivity index (χ0n) is 12.5. The topological polar surface area (TPSA) is 70.6 Å². The van der Waals surface area contributed by atoms with Gasteiger partial charge in [-0.25, -0.2) is 4.98 Å². The molecule has 0 saturated heterocycles. The lowest BCUT2D eigenvalue weighted by Crippen LogP contribution is -2.11. The van der Waals surface area contributed by atoms with Crippen LogP contribution in [-0.4, -0.2) is 32.2 Å². The third-order valence-corrected chi connectivity index (χ3v) is 3.74. The van der Waals surface area contributed by atoms with Crippen LogP contribution in [0.3, 0.4) is 0 Å². The van der Waals surface area contributed by atoms with Gasteiger partial charge in [-0.05, 0) is 29.8 Å². The average Bonchev–Trinajstić information content (AvgIpc) is 3.15. The first-order valence-electron chi connectivity index (χ1n) is 7.21. The Morgan fingerprint density at radius 2 is 1.96 bits per heavy atom. The quantitative estimate of drug-likeness (QED) is 0.629. The third-order valence-electron chi connectivity index (χ3n) is 3.74. The van der Waals surface area contributed by atoms with Crippen LogP contribution in [0.15, 0.2) is 61.3 Å². The fraction of sp³-hybridized carbons (Fsp3) is 0.0588. The molecule has 3 heterocycles. The predicted molar refractivity (Wildman–Crippen MR) is 89.4 cm³/mol. The van der Waals surface area contributed by atoms with Gasteiger partial charge in [0.2, 0.25) is 0 Å². The molecule has 0 radical (unpaired) electrons. The zero-order chi connectivity index (χ0) is 15.6. The predicted octanol–water partition coefficient (Wildman–Crippen LogP) is 3.18. The number of aromatic nitrogens is 5. The zero-order valence-corrected chi connectivity index (χ0v) is 12.5. The van der Waals surface area contributed by atoms with E-state index < -0.39 is 0 Å². The van der Waals surface area contributed by atoms with E-state index in [0.717, 1.165) is 33.7 Å². The lowest BCUT2D eigenvalue weighted by Gasteiger charge is -2.17. The minimum Gasteiger partial charge on any atom is -0.327 e. The van der Waals surface area contributed by atoms with Crippen molar-refractivity contribution in [2.24, 2.45) is 0 Å². The number of anilines is 2. The molecule has 1 N–H and O–H groups in total. The highest BCUT2D eigenvalue weighted by molar-refractivity contribution is 5.82. The Morgan fingerprint density at radius 3 is 2.74 bits per heavy atom. The van der Waals surface area contributed by atoms with Gasteiger partial charge in [0.05, 0.1) is 35.3 Å². The number of hydrogen-bond donors (Lipinski definition) is 1. The first-order chi connectivity index (χ1) is 11.3. The first-order valence-corrected chi connectivity index (χ1v) is 7.21. The summed E-state index contributed by atoms with van der Waals surface area (Å²) in [7, 11) is 1.95. The second-order valence-corrected chi connectivity index (χ2v) is 5.19. The normalized spacial score (nSPS) is 10.8. The summed E-state index contributed by atoms with van der Waals surface area (Å²) in [6, 6.07) is 9.90. The largest absolute Gasteiger partial charge is 0.327 e. The Bertz CT molecular complexity index is 934. The lowest BCUT2D eigenvalue weighted by molar-refractivity contribution is 1.09. The molecule has 0 fully saturated rings. The van der Waals surface area contributed by atoms with E-state index in [1.807, 2.05) is 48.5 Å². The van der Waals surface area contributed by atoms with Crippen molar-refractivity contribution in [3.8, 4) is 11.1 Å². The number of H-pyrrole nitrogens is 1. The summed E-state index contributed by atoms with van der Waals surface area (Å²) in [4.78, 5) is 15.3. The second-order valence-electron chi connectivity index (χ2n) is 5.19. The van der Waals surface area contributed by atoms with E-state index in [4.69, 9.17) is 0 Å². The Balaban J connectivity index is 1.73. The van der Waals surface area contributed by atoms with Crippen LogP contribution in [0.5, 0.6) is 0 Å². The fourth-order valence-corrected chi connectivity index (χ4v) is 2.44. The van der Waals surface area contributed by atoms with Crippen molar-refractivity contribution < 1.29 is 0 Å². The van der Waals surface area contributed by atoms with Crippen LogP contribution in [-0.2, 0) is 0 Å². The number of aromatic amines is 1. The molecule has 0 bridgehead atoms. The van der Waals surface area contributed by atoms with E-state index in [1.54, 1.807) is 24.8 Å². The van der Waals surface area contributed by atoms with Gasteiger partial charge in [0.1, 0.15) is 0 Å². The summed E-state index contributed by atoms with van der Waals surface area (Å²) in [6.45, 7) is 0. The SMILES string of the molecule is CN(c1cccnc1)c1cnc2cc(-c3cn[nH]c3)ccc2n1. The van der Waals surface area contributed by atoms with Crippen molar-refractivity contribution in [1.29, 1.82) is 0 Å². The van der Waals surface area contributed by atoms with Gasteiger partial charge in [-0.1, -0.05) is 6.07 Å². The molecule has 4 rings (SSSR count). The Hall–Kier alpha value is -3.28. The van der Waals surface area contributed by atoms with Gasteiger partial charge < -0.3 is 4.90 Å². The molecular formula is C17H14N6. The molecule has 0 spiro atoms. The van der Waals surface area contributed by atoms with Crippen LogP contribution in [0.25, 0.3) is 22.2 Å². The van der Waals surface area contributed by atoms with Gasteiger partial charge in [-0.2, -0.15) is 5.10 Å². The smallest absolute Gasteiger partial charge is 0.152 e. The molecule has 3 aromatic heterocycles. The summed E-state index contributed by atoms with van der Waals surface area (Å²) >= 11 is 0. The molecule has 1 aromatic carbocycles. The van der Waals surface area contributed by atoms with Crippen molar-refractivity contribution in [1.82, 2.24) is 25.1 Å². The van der Waals surface area contributed by atoms with E-state index >= 15 is 0 Å². The summed E-state index contributed by atoms with van der Waals surface area (Å²) < 4.78 is 0. The monoisotopic (exact) mass is 302 g/mol. The minimum atomic E-state index is 0.779. The van der Waals surface area contributed by atoms with Gasteiger partial charge in [-0.3, -0.25) is 15.1 Å². The van der Waals surface area contributed by atoms with Crippen molar-refractivity contribution in [3.63, 3.8) is 0 Å². The lowest BCUT2D eigenvalue weighted by atomic mass is 10.1. The molecule has 0 aliphatic carbocycles. The Kier molecular flexibility index (Phi) is 3.20. The van der Waals surface area contributed by atoms with Crippen molar-refractivity contribution in [2.45, 2.75) is 0 Å². The number of benzene rings is 1. The first kappa shape index (κ1) is 13.4. The summed E-state index contributed by atoms with van der Waals surface area (Å²) in [5.74, 6) is 0.779. The van der Waals surface area contributed by atoms with Crippen molar-refractivity contribution in [2.75, 3.05) is 11.9 Å². The molecule has 0 aliphatic rings. The van der Waals surface area contributed by atoms with Crippen LogP contribution in [0.4, 0.5) is 11.5 Å². The number of hydrogen-bond acceptors (Lipinski definition) is 5. The number of rotatable bonds is 3. The van der Waals surface area contributed by atoms with Crippen LogP contribution < -0.4 is 4.90 Å². The van der Waals surface area contributed by atoms with Crippen LogP contribution >= 0.6 is 0 Å². The molecule has 23 heavy (non-hydrogen) atoms. The van der Waals surface area contributed by atoms with Crippen molar-refractivity contribution >= 4 is 22.5 Å². The molecule has 6 heteroatoms. The average molecular weight is 302 g/mol. The Labute approximate surface area is 132 Å². The summed E-state index contributed by atoms with van der Waals surface area (Å²) in [6.07, 6.45) is 8.97. The highest BCUT2D eigenvalue weighted by Gasteiger charge is 2.08. The van der Waals surface area contributed by atoms with E-state index in [9.17, 15) is 0 Å². The van der Waals surface area contributed by atoms with Gasteiger partial charge in [-0.15, -0.1) is 0 Å². The number of fused-ring (bicyclic) bond motifs is 1. The van der Waals surface area contributed by atoms with E-state index in [0.29, 0.717) is 0 Å². The number of nitrogens with zero attached hydrogens (tertiary/aromatic N) is 5. The Morgan fingerprint density at radius 1 is 1.00 bits per heavy atom. The molecular weight excluding hydrogens is 288 g/mol. The standard InChI is InChI=1S/C17H14N6/c1-23(14-3-2-6-18-10-14)17-11-19-16-7-12(4-5-15(16)22-17)13-8-20-21-9-13/h2-11H,1H3,(H,20,21). The van der Waals surface area contributed by atoms with Gasteiger partial charge >= 0.3 is 0 Å². The molecule has 0 amide bonds. The van der Waals surface area contributed by atoms with Gasteiger partial charge in [0.15, 0.2) is 5.82 Å². The van der Waals surface area contributed by atoms with Crippen LogP contribution in [0.2, 0.25) is 0 Å². The molecule has 4 aromatic rings. The third kappa shape index (κ3) is 2.50. The molecule has 6 nitrogen and oxygen atoms in total. The molecule has 112 valence electrons. The fourth-order valence-electron chi connectivity index (χ4n) is 2.44. The molecule has 0 atom stereocenters. The maximum Gasteiger partial charge on any atom is 0.152 e. The molecule has 0 saturated carbocycles. The number of nitrogens with one attached hydrogen (secondary N) is 1. The maximum absolute atomic E-state index is 4.69. The molecule has 0 unspecified atom stereocenters. The maximum atomic E-state index is 4.69. The number of pyridine rings is 1. The second kappa shape index (κ2) is 5.49. The van der Waals surface area contributed by atoms with Gasteiger partial charge in [0.25, 0.3) is 0 Å². The van der Waals surface area contributed by atoms with E-state index in [-0.39, 0.29) is 0 Å². The highest BCUT2D eigenvalue weighted by Crippen LogP contribution is 2.25. The van der Waals surface area contributed by atoms with Crippen LogP contribution in [0.1, 0.15) is 0 Å². The van der Waals surface area contributed by atoms with Gasteiger partial charge in [0, 0.05) is 25.0 Å². The summed E-state index contributed by atoms with van der Waals surface area (Å²) in [5, 5.41) is 6.80. The highest BCUT2D eigenvalue weighted by atomic mass is 15.2. The van der Waals surface area contributed by atoms with E-state index in [1.165, 1.54) is 0 Å². The minimum absolute atomic E-state index is 0.779. The summed E-state index contributed by atoms with van der Waals surface area (Å²) in [5.41, 5.74) is 4.77. The van der Waals surface area contributed by atoms with E-state index in [2.05, 4.69) is 25.1 Å². The molecule has 0 aliphatic heterocycles.